The van der Waals surface area contributed by atoms with Crippen molar-refractivity contribution in [3.05, 3.63) is 59.9 Å². The molecule has 0 unspecified atom stereocenters. The molecule has 1 spiro atoms. The van der Waals surface area contributed by atoms with Gasteiger partial charge in [0, 0.05) is 43.4 Å². The van der Waals surface area contributed by atoms with Gasteiger partial charge in [-0.2, -0.15) is 0 Å². The summed E-state index contributed by atoms with van der Waals surface area (Å²) in [6.07, 6.45) is 6.71. The van der Waals surface area contributed by atoms with Gasteiger partial charge >= 0.3 is 0 Å². The molecular weight excluding hydrogens is 416 g/mol. The average Bonchev–Trinajstić information content (AvgIpc) is 3.10. The minimum absolute atomic E-state index is 0.189. The van der Waals surface area contributed by atoms with Crippen LogP contribution in [0.5, 0.6) is 0 Å². The van der Waals surface area contributed by atoms with E-state index < -0.39 is 11.6 Å². The first-order chi connectivity index (χ1) is 15.1. The molecule has 1 saturated carbocycles. The molecule has 1 aliphatic carbocycles. The van der Waals surface area contributed by atoms with E-state index in [1.54, 1.807) is 30.2 Å². The van der Waals surface area contributed by atoms with E-state index in [2.05, 4.69) is 20.1 Å². The standard InChI is InChI=1S/C23H25F2N5S/c1-29-21(16-4-2-8-26-14-16)27-28-22(29)31-11-3-9-30-10-7-23(15-30)13-19(23)18-6-5-17(24)12-20(18)25/h2,4-6,8,12,14,19H,3,7,9-11,13,15H2,1H3/t19-,23+/m0/s1. The van der Waals surface area contributed by atoms with Crippen molar-refractivity contribution in [3.8, 4) is 11.4 Å². The average molecular weight is 442 g/mol. The van der Waals surface area contributed by atoms with E-state index in [-0.39, 0.29) is 11.3 Å². The van der Waals surface area contributed by atoms with Crippen molar-refractivity contribution in [1.29, 1.82) is 0 Å². The van der Waals surface area contributed by atoms with Gasteiger partial charge < -0.3 is 9.47 Å². The SMILES string of the molecule is Cn1c(SCCCN2CC[C@@]3(C[C@H]3c3ccc(F)cc3F)C2)nnc1-c1cccnc1. The summed E-state index contributed by atoms with van der Waals surface area (Å²) >= 11 is 1.72. The van der Waals surface area contributed by atoms with Crippen molar-refractivity contribution in [3.63, 3.8) is 0 Å². The largest absolute Gasteiger partial charge is 0.305 e. The van der Waals surface area contributed by atoms with Gasteiger partial charge in [0.15, 0.2) is 11.0 Å². The van der Waals surface area contributed by atoms with Crippen molar-refractivity contribution in [2.24, 2.45) is 12.5 Å². The molecule has 0 bridgehead atoms. The zero-order valence-corrected chi connectivity index (χ0v) is 18.3. The number of aromatic nitrogens is 4. The topological polar surface area (TPSA) is 46.8 Å². The second-order valence-electron chi connectivity index (χ2n) is 8.62. The number of rotatable bonds is 7. The molecule has 2 fully saturated rings. The first kappa shape index (κ1) is 20.6. The maximum Gasteiger partial charge on any atom is 0.191 e. The molecule has 1 saturated heterocycles. The Labute approximate surface area is 184 Å². The highest BCUT2D eigenvalue weighted by atomic mass is 32.2. The van der Waals surface area contributed by atoms with Crippen LogP contribution in [-0.4, -0.2) is 50.0 Å². The molecule has 2 aliphatic rings. The monoisotopic (exact) mass is 441 g/mol. The van der Waals surface area contributed by atoms with Crippen LogP contribution in [0.4, 0.5) is 8.78 Å². The van der Waals surface area contributed by atoms with E-state index in [0.29, 0.717) is 5.56 Å². The summed E-state index contributed by atoms with van der Waals surface area (Å²) in [6.45, 7) is 3.09. The number of thioether (sulfide) groups is 1. The van der Waals surface area contributed by atoms with Crippen LogP contribution in [0.15, 0.2) is 47.9 Å². The van der Waals surface area contributed by atoms with E-state index in [4.69, 9.17) is 0 Å². The van der Waals surface area contributed by atoms with E-state index in [0.717, 1.165) is 67.3 Å². The number of hydrogen-bond donors (Lipinski definition) is 0. The Morgan fingerprint density at radius 2 is 2.13 bits per heavy atom. The summed E-state index contributed by atoms with van der Waals surface area (Å²) in [4.78, 5) is 6.64. The van der Waals surface area contributed by atoms with Gasteiger partial charge in [0.2, 0.25) is 0 Å². The molecule has 31 heavy (non-hydrogen) atoms. The number of nitrogens with zero attached hydrogens (tertiary/aromatic N) is 5. The number of hydrogen-bond acceptors (Lipinski definition) is 5. The second kappa shape index (κ2) is 8.31. The summed E-state index contributed by atoms with van der Waals surface area (Å²) in [6, 6.07) is 7.90. The van der Waals surface area contributed by atoms with Gasteiger partial charge in [0.25, 0.3) is 0 Å². The summed E-state index contributed by atoms with van der Waals surface area (Å²) in [5.41, 5.74) is 1.84. The number of likely N-dealkylation sites (tertiary alicyclic amines) is 1. The first-order valence-electron chi connectivity index (χ1n) is 10.7. The van der Waals surface area contributed by atoms with Crippen molar-refractivity contribution < 1.29 is 8.78 Å². The van der Waals surface area contributed by atoms with E-state index in [1.807, 2.05) is 23.7 Å². The molecule has 5 nitrogen and oxygen atoms in total. The molecule has 1 aliphatic heterocycles. The molecule has 3 aromatic rings. The zero-order valence-electron chi connectivity index (χ0n) is 17.5. The lowest BCUT2D eigenvalue weighted by Crippen LogP contribution is -2.23. The molecule has 2 atom stereocenters. The molecule has 0 N–H and O–H groups in total. The molecule has 1 aromatic carbocycles. The Bertz CT molecular complexity index is 1070. The predicted molar refractivity (Wildman–Crippen MR) is 117 cm³/mol. The lowest BCUT2D eigenvalue weighted by atomic mass is 9.98. The van der Waals surface area contributed by atoms with Gasteiger partial charge in [0.05, 0.1) is 0 Å². The van der Waals surface area contributed by atoms with Crippen LogP contribution in [0.25, 0.3) is 11.4 Å². The molecule has 162 valence electrons. The highest BCUT2D eigenvalue weighted by Gasteiger charge is 2.58. The fourth-order valence-electron chi connectivity index (χ4n) is 4.84. The third kappa shape index (κ3) is 4.11. The third-order valence-corrected chi connectivity index (χ3v) is 7.70. The zero-order chi connectivity index (χ0) is 21.4. The molecule has 5 rings (SSSR count). The van der Waals surface area contributed by atoms with Gasteiger partial charge in [0.1, 0.15) is 11.6 Å². The Morgan fingerprint density at radius 3 is 2.94 bits per heavy atom. The third-order valence-electron chi connectivity index (χ3n) is 6.60. The van der Waals surface area contributed by atoms with Crippen molar-refractivity contribution in [2.45, 2.75) is 30.3 Å². The molecule has 3 heterocycles. The van der Waals surface area contributed by atoms with Crippen molar-refractivity contribution in [1.82, 2.24) is 24.6 Å². The summed E-state index contributed by atoms with van der Waals surface area (Å²) in [5.74, 6) is 1.13. The maximum atomic E-state index is 14.2. The Morgan fingerprint density at radius 1 is 1.23 bits per heavy atom. The minimum atomic E-state index is -0.503. The number of benzene rings is 1. The van der Waals surface area contributed by atoms with Gasteiger partial charge in [-0.15, -0.1) is 10.2 Å². The van der Waals surface area contributed by atoms with Gasteiger partial charge in [-0.3, -0.25) is 4.98 Å². The Kier molecular flexibility index (Phi) is 5.52. The number of pyridine rings is 1. The quantitative estimate of drug-likeness (QED) is 0.399. The molecule has 2 aromatic heterocycles. The predicted octanol–water partition coefficient (Wildman–Crippen LogP) is 4.52. The van der Waals surface area contributed by atoms with Gasteiger partial charge in [-0.25, -0.2) is 8.78 Å². The van der Waals surface area contributed by atoms with E-state index >= 15 is 0 Å². The van der Waals surface area contributed by atoms with Crippen LogP contribution >= 0.6 is 11.8 Å². The van der Waals surface area contributed by atoms with Crippen LogP contribution in [0.3, 0.4) is 0 Å². The minimum Gasteiger partial charge on any atom is -0.305 e. The van der Waals surface area contributed by atoms with Crippen LogP contribution in [-0.2, 0) is 7.05 Å². The normalized spacial score (nSPS) is 23.0. The maximum absolute atomic E-state index is 14.2. The molecule has 0 amide bonds. The van der Waals surface area contributed by atoms with Crippen LogP contribution < -0.4 is 0 Å². The van der Waals surface area contributed by atoms with Crippen molar-refractivity contribution >= 4 is 11.8 Å². The highest BCUT2D eigenvalue weighted by molar-refractivity contribution is 7.99. The molecule has 0 radical (unpaired) electrons. The van der Waals surface area contributed by atoms with Crippen molar-refractivity contribution in [2.75, 3.05) is 25.4 Å². The second-order valence-corrected chi connectivity index (χ2v) is 9.68. The summed E-state index contributed by atoms with van der Waals surface area (Å²) in [5, 5.41) is 9.54. The number of halogens is 2. The van der Waals surface area contributed by atoms with Crippen LogP contribution in [0, 0.1) is 17.0 Å². The summed E-state index contributed by atoms with van der Waals surface area (Å²) in [7, 11) is 1.98. The fourth-order valence-corrected chi connectivity index (χ4v) is 5.67. The smallest absolute Gasteiger partial charge is 0.191 e. The fraction of sp³-hybridized carbons (Fsp3) is 0.435. The van der Waals surface area contributed by atoms with Gasteiger partial charge in [-0.1, -0.05) is 17.8 Å². The lowest BCUT2D eigenvalue weighted by molar-refractivity contribution is 0.319. The first-order valence-corrected chi connectivity index (χ1v) is 11.6. The highest BCUT2D eigenvalue weighted by Crippen LogP contribution is 2.64. The van der Waals surface area contributed by atoms with Crippen LogP contribution in [0.2, 0.25) is 0 Å². The lowest BCUT2D eigenvalue weighted by Gasteiger charge is -2.16. The van der Waals surface area contributed by atoms with Gasteiger partial charge in [-0.05, 0) is 67.4 Å². The van der Waals surface area contributed by atoms with E-state index in [9.17, 15) is 8.78 Å². The van der Waals surface area contributed by atoms with E-state index in [1.165, 1.54) is 6.07 Å². The molecular formula is C23H25F2N5S. The summed E-state index contributed by atoms with van der Waals surface area (Å²) < 4.78 is 29.4. The van der Waals surface area contributed by atoms with Crippen LogP contribution in [0.1, 0.15) is 30.7 Å². The Balaban J connectivity index is 1.10. The Hall–Kier alpha value is -2.32. The molecule has 8 heteroatoms.